The van der Waals surface area contributed by atoms with Crippen molar-refractivity contribution in [2.45, 2.75) is 26.2 Å². The van der Waals surface area contributed by atoms with Crippen LogP contribution in [0.25, 0.3) is 11.0 Å². The molecule has 4 rings (SSSR count). The number of imidazole rings is 1. The average Bonchev–Trinajstić information content (AvgIpc) is 3.16. The maximum Gasteiger partial charge on any atom is 0.257 e. The number of amides is 1. The van der Waals surface area contributed by atoms with Crippen molar-refractivity contribution in [3.05, 3.63) is 47.5 Å². The third-order valence-corrected chi connectivity index (χ3v) is 4.97. The summed E-state index contributed by atoms with van der Waals surface area (Å²) in [6, 6.07) is 8.09. The second-order valence-corrected chi connectivity index (χ2v) is 6.97. The van der Waals surface area contributed by atoms with Crippen molar-refractivity contribution in [2.75, 3.05) is 13.1 Å². The molecule has 1 aliphatic rings. The Kier molecular flexibility index (Phi) is 4.03. The summed E-state index contributed by atoms with van der Waals surface area (Å²) < 4.78 is 1.71. The number of hydrogen-bond donors (Lipinski definition) is 1. The lowest BCUT2D eigenvalue weighted by Crippen LogP contribution is -2.40. The Bertz CT molecular complexity index is 877. The highest BCUT2D eigenvalue weighted by Crippen LogP contribution is 2.23. The number of nitrogens with zero attached hydrogens (tertiary/aromatic N) is 4. The van der Waals surface area contributed by atoms with E-state index in [0.29, 0.717) is 11.5 Å². The summed E-state index contributed by atoms with van der Waals surface area (Å²) in [5.41, 5.74) is 3.60. The van der Waals surface area contributed by atoms with E-state index in [0.717, 1.165) is 54.9 Å². The number of aromatic amines is 1. The molecule has 6 nitrogen and oxygen atoms in total. The van der Waals surface area contributed by atoms with Crippen LogP contribution in [0.2, 0.25) is 0 Å². The number of para-hydroxylation sites is 2. The van der Waals surface area contributed by atoms with Gasteiger partial charge in [-0.3, -0.25) is 9.48 Å². The molecule has 1 fully saturated rings. The summed E-state index contributed by atoms with van der Waals surface area (Å²) >= 11 is 0. The van der Waals surface area contributed by atoms with Crippen molar-refractivity contribution in [3.63, 3.8) is 0 Å². The van der Waals surface area contributed by atoms with E-state index in [1.54, 1.807) is 4.68 Å². The van der Waals surface area contributed by atoms with E-state index in [2.05, 4.69) is 15.1 Å². The van der Waals surface area contributed by atoms with Crippen molar-refractivity contribution in [1.82, 2.24) is 24.6 Å². The van der Waals surface area contributed by atoms with Gasteiger partial charge in [-0.05, 0) is 37.8 Å². The number of nitrogens with one attached hydrogen (secondary N) is 1. The van der Waals surface area contributed by atoms with Crippen molar-refractivity contribution in [2.24, 2.45) is 13.0 Å². The molecule has 25 heavy (non-hydrogen) atoms. The monoisotopic (exact) mass is 337 g/mol. The molecule has 130 valence electrons. The molecule has 0 radical (unpaired) electrons. The average molecular weight is 337 g/mol. The van der Waals surface area contributed by atoms with E-state index in [9.17, 15) is 4.79 Å². The summed E-state index contributed by atoms with van der Waals surface area (Å²) in [5, 5.41) is 4.29. The van der Waals surface area contributed by atoms with Crippen LogP contribution in [0.5, 0.6) is 0 Å². The molecule has 6 heteroatoms. The third kappa shape index (κ3) is 3.16. The van der Waals surface area contributed by atoms with Crippen LogP contribution < -0.4 is 0 Å². The fourth-order valence-corrected chi connectivity index (χ4v) is 3.77. The molecule has 0 unspecified atom stereocenters. The van der Waals surface area contributed by atoms with E-state index >= 15 is 0 Å². The van der Waals surface area contributed by atoms with E-state index in [4.69, 9.17) is 0 Å². The number of H-pyrrole nitrogens is 1. The first-order chi connectivity index (χ1) is 12.1. The number of benzene rings is 1. The van der Waals surface area contributed by atoms with Gasteiger partial charge in [0.2, 0.25) is 0 Å². The number of fused-ring (bicyclic) bond motifs is 1. The lowest BCUT2D eigenvalue weighted by molar-refractivity contribution is 0.0671. The van der Waals surface area contributed by atoms with Gasteiger partial charge in [-0.2, -0.15) is 5.10 Å². The Morgan fingerprint density at radius 3 is 2.96 bits per heavy atom. The Labute approximate surface area is 146 Å². The van der Waals surface area contributed by atoms with Crippen molar-refractivity contribution < 1.29 is 4.79 Å². The van der Waals surface area contributed by atoms with Crippen molar-refractivity contribution in [3.8, 4) is 0 Å². The largest absolute Gasteiger partial charge is 0.342 e. The smallest absolute Gasteiger partial charge is 0.257 e. The van der Waals surface area contributed by atoms with Gasteiger partial charge < -0.3 is 9.88 Å². The van der Waals surface area contributed by atoms with Gasteiger partial charge in [-0.25, -0.2) is 4.98 Å². The minimum Gasteiger partial charge on any atom is -0.342 e. The zero-order valence-electron chi connectivity index (χ0n) is 14.7. The molecule has 1 aliphatic heterocycles. The van der Waals surface area contributed by atoms with Gasteiger partial charge in [-0.1, -0.05) is 12.1 Å². The Morgan fingerprint density at radius 2 is 2.20 bits per heavy atom. The minimum atomic E-state index is 0.0971. The molecular weight excluding hydrogens is 314 g/mol. The van der Waals surface area contributed by atoms with Crippen LogP contribution in [-0.4, -0.2) is 43.6 Å². The van der Waals surface area contributed by atoms with Crippen LogP contribution in [0.3, 0.4) is 0 Å². The highest BCUT2D eigenvalue weighted by atomic mass is 16.2. The first-order valence-electron chi connectivity index (χ1n) is 8.83. The molecule has 1 atom stereocenters. The zero-order chi connectivity index (χ0) is 17.4. The number of piperidine rings is 1. The van der Waals surface area contributed by atoms with Crippen molar-refractivity contribution in [1.29, 1.82) is 0 Å². The normalized spacial score (nSPS) is 18.0. The van der Waals surface area contributed by atoms with E-state index < -0.39 is 0 Å². The first-order valence-corrected chi connectivity index (χ1v) is 8.83. The maximum atomic E-state index is 12.8. The number of aromatic nitrogens is 4. The van der Waals surface area contributed by atoms with Gasteiger partial charge in [-0.15, -0.1) is 0 Å². The van der Waals surface area contributed by atoms with Gasteiger partial charge in [0.1, 0.15) is 5.82 Å². The number of aryl methyl sites for hydroxylation is 2. The van der Waals surface area contributed by atoms with Crippen LogP contribution in [-0.2, 0) is 13.5 Å². The summed E-state index contributed by atoms with van der Waals surface area (Å²) in [6.07, 6.45) is 4.87. The highest BCUT2D eigenvalue weighted by molar-refractivity contribution is 5.95. The standard InChI is InChI=1S/C19H23N5O/c1-13-15(12-23(2)22-13)19(25)24-9-5-6-14(11-24)10-18-20-16-7-3-4-8-17(16)21-18/h3-4,7-8,12,14H,5-6,9-11H2,1-2H3,(H,20,21)/t14-/m0/s1. The molecule has 1 N–H and O–H groups in total. The van der Waals surface area contributed by atoms with E-state index in [1.807, 2.05) is 49.3 Å². The van der Waals surface area contributed by atoms with Gasteiger partial charge in [0.25, 0.3) is 5.91 Å². The lowest BCUT2D eigenvalue weighted by atomic mass is 9.94. The second kappa shape index (κ2) is 6.35. The summed E-state index contributed by atoms with van der Waals surface area (Å²) in [5.74, 6) is 1.55. The molecule has 0 saturated carbocycles. The molecule has 2 aromatic heterocycles. The van der Waals surface area contributed by atoms with Gasteiger partial charge in [0.05, 0.1) is 22.3 Å². The van der Waals surface area contributed by atoms with Gasteiger partial charge in [0, 0.05) is 32.8 Å². The summed E-state index contributed by atoms with van der Waals surface area (Å²) in [6.45, 7) is 3.50. The van der Waals surface area contributed by atoms with Crippen LogP contribution in [0.4, 0.5) is 0 Å². The second-order valence-electron chi connectivity index (χ2n) is 6.97. The predicted molar refractivity (Wildman–Crippen MR) is 96.4 cm³/mol. The number of hydrogen-bond acceptors (Lipinski definition) is 3. The van der Waals surface area contributed by atoms with Gasteiger partial charge >= 0.3 is 0 Å². The van der Waals surface area contributed by atoms with Crippen LogP contribution in [0, 0.1) is 12.8 Å². The van der Waals surface area contributed by atoms with E-state index in [-0.39, 0.29) is 5.91 Å². The van der Waals surface area contributed by atoms with Crippen LogP contribution in [0.1, 0.15) is 34.7 Å². The molecule has 0 spiro atoms. The quantitative estimate of drug-likeness (QED) is 0.799. The topological polar surface area (TPSA) is 66.8 Å². The molecule has 1 amide bonds. The molecule has 1 saturated heterocycles. The zero-order valence-corrected chi connectivity index (χ0v) is 14.7. The predicted octanol–water partition coefficient (Wildman–Crippen LogP) is 2.70. The first kappa shape index (κ1) is 15.9. The Morgan fingerprint density at radius 1 is 1.36 bits per heavy atom. The third-order valence-electron chi connectivity index (χ3n) is 4.97. The summed E-state index contributed by atoms with van der Waals surface area (Å²) in [4.78, 5) is 22.9. The molecule has 3 aromatic rings. The molecule has 0 bridgehead atoms. The van der Waals surface area contributed by atoms with Crippen LogP contribution >= 0.6 is 0 Å². The number of rotatable bonds is 3. The molecule has 0 aliphatic carbocycles. The Balaban J connectivity index is 1.47. The van der Waals surface area contributed by atoms with Crippen LogP contribution in [0.15, 0.2) is 30.5 Å². The fourth-order valence-electron chi connectivity index (χ4n) is 3.77. The summed E-state index contributed by atoms with van der Waals surface area (Å²) in [7, 11) is 1.85. The van der Waals surface area contributed by atoms with Gasteiger partial charge in [0.15, 0.2) is 0 Å². The SMILES string of the molecule is Cc1nn(C)cc1C(=O)N1CCC[C@@H](Cc2nc3ccccc3[nH]2)C1. The fraction of sp³-hybridized carbons (Fsp3) is 0.421. The van der Waals surface area contributed by atoms with E-state index in [1.165, 1.54) is 0 Å². The number of carbonyl (C=O) groups is 1. The number of carbonyl (C=O) groups excluding carboxylic acids is 1. The Hall–Kier alpha value is -2.63. The molecule has 1 aromatic carbocycles. The maximum absolute atomic E-state index is 12.8. The molecular formula is C19H23N5O. The number of likely N-dealkylation sites (tertiary alicyclic amines) is 1. The molecule has 3 heterocycles. The minimum absolute atomic E-state index is 0.0971. The van der Waals surface area contributed by atoms with Crippen molar-refractivity contribution >= 4 is 16.9 Å². The highest BCUT2D eigenvalue weighted by Gasteiger charge is 2.27. The lowest BCUT2D eigenvalue weighted by Gasteiger charge is -2.32.